The molecule has 4 rings (SSSR count). The molecule has 0 saturated carbocycles. The summed E-state index contributed by atoms with van der Waals surface area (Å²) in [6, 6.07) is 10.7. The highest BCUT2D eigenvalue weighted by molar-refractivity contribution is 5.95. The van der Waals surface area contributed by atoms with E-state index in [2.05, 4.69) is 10.4 Å². The fourth-order valence-electron chi connectivity index (χ4n) is 3.33. The van der Waals surface area contributed by atoms with Crippen molar-refractivity contribution in [3.63, 3.8) is 0 Å². The number of rotatable bonds is 6. The number of benzene rings is 2. The van der Waals surface area contributed by atoms with E-state index in [1.165, 1.54) is 22.9 Å². The van der Waals surface area contributed by atoms with Crippen LogP contribution in [0, 0.1) is 11.6 Å². The van der Waals surface area contributed by atoms with Crippen molar-refractivity contribution < 1.29 is 23.0 Å². The molecule has 0 bridgehead atoms. The molecule has 9 heteroatoms. The Labute approximate surface area is 182 Å². The summed E-state index contributed by atoms with van der Waals surface area (Å²) < 4.78 is 39.0. The molecular weight excluding hydrogens is 420 g/mol. The number of hydrogen-bond donors (Lipinski definition) is 1. The van der Waals surface area contributed by atoms with Gasteiger partial charge >= 0.3 is 0 Å². The van der Waals surface area contributed by atoms with Crippen molar-refractivity contribution in [1.29, 1.82) is 0 Å². The van der Waals surface area contributed by atoms with Crippen LogP contribution < -0.4 is 20.3 Å². The third-order valence-corrected chi connectivity index (χ3v) is 5.11. The van der Waals surface area contributed by atoms with Gasteiger partial charge in [-0.2, -0.15) is 5.10 Å². The van der Waals surface area contributed by atoms with Crippen molar-refractivity contribution in [1.82, 2.24) is 15.1 Å². The summed E-state index contributed by atoms with van der Waals surface area (Å²) in [5.41, 5.74) is 0.689. The monoisotopic (exact) mass is 441 g/mol. The zero-order valence-electron chi connectivity index (χ0n) is 17.3. The second kappa shape index (κ2) is 9.17. The standard InChI is InChI=1S/C23H21F2N3O4/c1-2-16(26-23(30)15-4-7-20-21(12-15)32-10-9-31-20)13-28-22(29)8-6-19(27-28)14-3-5-17(24)18(25)11-14/h3-8,11-12,16H,2,9-10,13H2,1H3,(H,26,30)/t16-/m0/s1. The Bertz CT molecular complexity index is 1210. The van der Waals surface area contributed by atoms with Gasteiger partial charge in [-0.3, -0.25) is 9.59 Å². The van der Waals surface area contributed by atoms with Crippen LogP contribution in [0.25, 0.3) is 11.3 Å². The first-order valence-corrected chi connectivity index (χ1v) is 10.2. The number of hydrogen-bond acceptors (Lipinski definition) is 5. The van der Waals surface area contributed by atoms with E-state index < -0.39 is 11.6 Å². The van der Waals surface area contributed by atoms with Gasteiger partial charge in [-0.1, -0.05) is 6.92 Å². The Morgan fingerprint density at radius 3 is 2.59 bits per heavy atom. The Morgan fingerprint density at radius 1 is 1.06 bits per heavy atom. The molecule has 2 aromatic carbocycles. The van der Waals surface area contributed by atoms with Gasteiger partial charge in [0.05, 0.1) is 12.2 Å². The fraction of sp³-hybridized carbons (Fsp3) is 0.261. The molecule has 0 radical (unpaired) electrons. The molecule has 1 amide bonds. The highest BCUT2D eigenvalue weighted by atomic mass is 19.2. The van der Waals surface area contributed by atoms with E-state index in [9.17, 15) is 18.4 Å². The average Bonchev–Trinajstić information content (AvgIpc) is 2.81. The number of nitrogens with zero attached hydrogens (tertiary/aromatic N) is 2. The number of aromatic nitrogens is 2. The molecule has 166 valence electrons. The quantitative estimate of drug-likeness (QED) is 0.636. The van der Waals surface area contributed by atoms with Gasteiger partial charge in [0.1, 0.15) is 13.2 Å². The number of nitrogens with one attached hydrogen (secondary N) is 1. The molecule has 1 aliphatic rings. The summed E-state index contributed by atoms with van der Waals surface area (Å²) in [6.07, 6.45) is 0.541. The molecule has 0 fully saturated rings. The van der Waals surface area contributed by atoms with E-state index in [4.69, 9.17) is 9.47 Å². The SMILES string of the molecule is CC[C@@H](Cn1nc(-c2ccc(F)c(F)c2)ccc1=O)NC(=O)c1ccc2c(c1)OCCO2. The van der Waals surface area contributed by atoms with Gasteiger partial charge in [0.25, 0.3) is 11.5 Å². The number of carbonyl (C=O) groups is 1. The van der Waals surface area contributed by atoms with Crippen LogP contribution in [0.1, 0.15) is 23.7 Å². The van der Waals surface area contributed by atoms with Crippen molar-refractivity contribution >= 4 is 5.91 Å². The van der Waals surface area contributed by atoms with Crippen molar-refractivity contribution in [3.05, 3.63) is 76.1 Å². The summed E-state index contributed by atoms with van der Waals surface area (Å²) in [5.74, 6) is -1.19. The van der Waals surface area contributed by atoms with Crippen LogP contribution in [-0.4, -0.2) is 34.9 Å². The smallest absolute Gasteiger partial charge is 0.266 e. The van der Waals surface area contributed by atoms with E-state index in [0.717, 1.165) is 12.1 Å². The molecule has 0 unspecified atom stereocenters. The maximum Gasteiger partial charge on any atom is 0.266 e. The van der Waals surface area contributed by atoms with Crippen molar-refractivity contribution in [2.45, 2.75) is 25.9 Å². The molecule has 0 spiro atoms. The first-order valence-electron chi connectivity index (χ1n) is 10.2. The number of carbonyl (C=O) groups excluding carboxylic acids is 1. The van der Waals surface area contributed by atoms with Crippen LogP contribution in [0.3, 0.4) is 0 Å². The molecule has 0 aliphatic carbocycles. The number of amides is 1. The Hall–Kier alpha value is -3.75. The van der Waals surface area contributed by atoms with Crippen molar-refractivity contribution in [2.24, 2.45) is 0 Å². The van der Waals surface area contributed by atoms with Gasteiger partial charge < -0.3 is 14.8 Å². The lowest BCUT2D eigenvalue weighted by atomic mass is 10.1. The molecule has 0 saturated heterocycles. The van der Waals surface area contributed by atoms with E-state index in [0.29, 0.717) is 48.0 Å². The highest BCUT2D eigenvalue weighted by Crippen LogP contribution is 2.30. The lowest BCUT2D eigenvalue weighted by Crippen LogP contribution is -2.40. The van der Waals surface area contributed by atoms with Crippen LogP contribution in [0.15, 0.2) is 53.3 Å². The largest absolute Gasteiger partial charge is 0.486 e. The molecule has 1 atom stereocenters. The van der Waals surface area contributed by atoms with Gasteiger partial charge in [-0.05, 0) is 48.9 Å². The second-order valence-electron chi connectivity index (χ2n) is 7.30. The maximum atomic E-state index is 13.6. The van der Waals surface area contributed by atoms with Gasteiger partial charge in [-0.25, -0.2) is 13.5 Å². The van der Waals surface area contributed by atoms with Crippen LogP contribution in [0.2, 0.25) is 0 Å². The van der Waals surface area contributed by atoms with Gasteiger partial charge in [0.2, 0.25) is 0 Å². The predicted octanol–water partition coefficient (Wildman–Crippen LogP) is 3.17. The van der Waals surface area contributed by atoms with E-state index in [1.807, 2.05) is 6.92 Å². The lowest BCUT2D eigenvalue weighted by Gasteiger charge is -2.20. The highest BCUT2D eigenvalue weighted by Gasteiger charge is 2.18. The Balaban J connectivity index is 1.51. The zero-order valence-corrected chi connectivity index (χ0v) is 17.3. The Morgan fingerprint density at radius 2 is 1.84 bits per heavy atom. The second-order valence-corrected chi connectivity index (χ2v) is 7.30. The van der Waals surface area contributed by atoms with E-state index in [1.54, 1.807) is 18.2 Å². The number of halogens is 2. The predicted molar refractivity (Wildman–Crippen MR) is 113 cm³/mol. The minimum absolute atomic E-state index is 0.114. The molecular formula is C23H21F2N3O4. The van der Waals surface area contributed by atoms with Gasteiger partial charge in [0.15, 0.2) is 23.1 Å². The summed E-state index contributed by atoms with van der Waals surface area (Å²) >= 11 is 0. The minimum Gasteiger partial charge on any atom is -0.486 e. The molecule has 1 N–H and O–H groups in total. The first kappa shape index (κ1) is 21.5. The van der Waals surface area contributed by atoms with Crippen LogP contribution in [0.4, 0.5) is 8.78 Å². The maximum absolute atomic E-state index is 13.6. The molecule has 32 heavy (non-hydrogen) atoms. The van der Waals surface area contributed by atoms with Crippen LogP contribution in [-0.2, 0) is 6.54 Å². The third kappa shape index (κ3) is 4.61. The normalized spacial score (nSPS) is 13.5. The minimum atomic E-state index is -1.000. The summed E-state index contributed by atoms with van der Waals surface area (Å²) in [7, 11) is 0. The Kier molecular flexibility index (Phi) is 6.16. The van der Waals surface area contributed by atoms with Crippen molar-refractivity contribution in [2.75, 3.05) is 13.2 Å². The van der Waals surface area contributed by atoms with Crippen LogP contribution >= 0.6 is 0 Å². The molecule has 1 aliphatic heterocycles. The van der Waals surface area contributed by atoms with Crippen LogP contribution in [0.5, 0.6) is 11.5 Å². The summed E-state index contributed by atoms with van der Waals surface area (Å²) in [6.45, 7) is 2.86. The first-order chi connectivity index (χ1) is 15.4. The molecule has 1 aromatic heterocycles. The van der Waals surface area contributed by atoms with E-state index >= 15 is 0 Å². The molecule has 2 heterocycles. The number of ether oxygens (including phenoxy) is 2. The summed E-state index contributed by atoms with van der Waals surface area (Å²) in [4.78, 5) is 25.1. The summed E-state index contributed by atoms with van der Waals surface area (Å²) in [5, 5.41) is 7.16. The zero-order chi connectivity index (χ0) is 22.7. The van der Waals surface area contributed by atoms with Gasteiger partial charge in [-0.15, -0.1) is 0 Å². The topological polar surface area (TPSA) is 82.5 Å². The molecule has 7 nitrogen and oxygen atoms in total. The fourth-order valence-corrected chi connectivity index (χ4v) is 3.33. The van der Waals surface area contributed by atoms with Gasteiger partial charge in [0, 0.05) is 23.2 Å². The average molecular weight is 441 g/mol. The lowest BCUT2D eigenvalue weighted by molar-refractivity contribution is 0.0929. The third-order valence-electron chi connectivity index (χ3n) is 5.11. The number of fused-ring (bicyclic) bond motifs is 1. The van der Waals surface area contributed by atoms with Crippen molar-refractivity contribution in [3.8, 4) is 22.8 Å². The van der Waals surface area contributed by atoms with E-state index in [-0.39, 0.29) is 24.1 Å². The molecule has 3 aromatic rings.